The summed E-state index contributed by atoms with van der Waals surface area (Å²) in [4.78, 5) is 15.1. The summed E-state index contributed by atoms with van der Waals surface area (Å²) in [7, 11) is 0. The van der Waals surface area contributed by atoms with Gasteiger partial charge in [-0.25, -0.2) is 0 Å². The molecule has 0 bridgehead atoms. The van der Waals surface area contributed by atoms with Crippen LogP contribution in [0.2, 0.25) is 0 Å². The van der Waals surface area contributed by atoms with E-state index in [1.165, 1.54) is 5.56 Å². The number of carbonyl (C=O) groups excluding carboxylic acids is 1. The SMILES string of the molecule is CCN(CC)Cc1cccc(NC(=O)C2(CN)CCOCC2)c1. The van der Waals surface area contributed by atoms with Crippen LogP contribution in [0.15, 0.2) is 24.3 Å². The van der Waals surface area contributed by atoms with Crippen molar-refractivity contribution in [2.75, 3.05) is 38.2 Å². The van der Waals surface area contributed by atoms with Crippen molar-refractivity contribution < 1.29 is 9.53 Å². The van der Waals surface area contributed by atoms with Gasteiger partial charge in [0.05, 0.1) is 5.41 Å². The molecular weight excluding hydrogens is 290 g/mol. The van der Waals surface area contributed by atoms with Crippen molar-refractivity contribution in [3.63, 3.8) is 0 Å². The van der Waals surface area contributed by atoms with Crippen LogP contribution in [0.25, 0.3) is 0 Å². The van der Waals surface area contributed by atoms with Crippen LogP contribution < -0.4 is 11.1 Å². The lowest BCUT2D eigenvalue weighted by Gasteiger charge is -2.34. The Morgan fingerprint density at radius 3 is 2.61 bits per heavy atom. The van der Waals surface area contributed by atoms with Gasteiger partial charge in [0.2, 0.25) is 5.91 Å². The fourth-order valence-corrected chi connectivity index (χ4v) is 3.00. The molecule has 1 fully saturated rings. The molecule has 3 N–H and O–H groups in total. The zero-order valence-corrected chi connectivity index (χ0v) is 14.3. The standard InChI is InChI=1S/C18H29N3O2/c1-3-21(4-2)13-15-6-5-7-16(12-15)20-17(22)18(14-19)8-10-23-11-9-18/h5-7,12H,3-4,8-11,13-14,19H2,1-2H3,(H,20,22). The fraction of sp³-hybridized carbons (Fsp3) is 0.611. The number of nitrogens with one attached hydrogen (secondary N) is 1. The van der Waals surface area contributed by atoms with E-state index in [0.29, 0.717) is 32.6 Å². The van der Waals surface area contributed by atoms with Crippen LogP contribution in [0, 0.1) is 5.41 Å². The molecular formula is C18H29N3O2. The van der Waals surface area contributed by atoms with Crippen molar-refractivity contribution in [2.45, 2.75) is 33.2 Å². The number of hydrogen-bond donors (Lipinski definition) is 2. The van der Waals surface area contributed by atoms with Crippen molar-refractivity contribution in [3.05, 3.63) is 29.8 Å². The predicted octanol–water partition coefficient (Wildman–Crippen LogP) is 2.22. The lowest BCUT2D eigenvalue weighted by atomic mass is 9.79. The van der Waals surface area contributed by atoms with E-state index < -0.39 is 5.41 Å². The zero-order valence-electron chi connectivity index (χ0n) is 14.3. The maximum atomic E-state index is 12.7. The molecule has 0 spiro atoms. The molecule has 1 saturated heterocycles. The van der Waals surface area contributed by atoms with Crippen molar-refractivity contribution >= 4 is 11.6 Å². The van der Waals surface area contributed by atoms with Gasteiger partial charge < -0.3 is 15.8 Å². The van der Waals surface area contributed by atoms with Gasteiger partial charge in [-0.2, -0.15) is 0 Å². The molecule has 0 radical (unpaired) electrons. The van der Waals surface area contributed by atoms with Crippen LogP contribution in [0.5, 0.6) is 0 Å². The monoisotopic (exact) mass is 319 g/mol. The van der Waals surface area contributed by atoms with Gasteiger partial charge in [0.15, 0.2) is 0 Å². The fourth-order valence-electron chi connectivity index (χ4n) is 3.00. The van der Waals surface area contributed by atoms with Crippen LogP contribution in [-0.2, 0) is 16.1 Å². The van der Waals surface area contributed by atoms with Crippen LogP contribution in [0.4, 0.5) is 5.69 Å². The Morgan fingerprint density at radius 1 is 1.30 bits per heavy atom. The number of carbonyl (C=O) groups is 1. The molecule has 5 nitrogen and oxygen atoms in total. The van der Waals surface area contributed by atoms with Gasteiger partial charge in [-0.3, -0.25) is 9.69 Å². The van der Waals surface area contributed by atoms with Crippen molar-refractivity contribution in [2.24, 2.45) is 11.1 Å². The summed E-state index contributed by atoms with van der Waals surface area (Å²) in [6.45, 7) is 8.82. The predicted molar refractivity (Wildman–Crippen MR) is 93.2 cm³/mol. The largest absolute Gasteiger partial charge is 0.381 e. The minimum Gasteiger partial charge on any atom is -0.381 e. The summed E-state index contributed by atoms with van der Waals surface area (Å²) in [5.41, 5.74) is 7.46. The Hall–Kier alpha value is -1.43. The lowest BCUT2D eigenvalue weighted by Crippen LogP contribution is -2.46. The number of benzene rings is 1. The summed E-state index contributed by atoms with van der Waals surface area (Å²) >= 11 is 0. The summed E-state index contributed by atoms with van der Waals surface area (Å²) in [6, 6.07) is 8.08. The topological polar surface area (TPSA) is 67.6 Å². The van der Waals surface area contributed by atoms with E-state index in [-0.39, 0.29) is 5.91 Å². The van der Waals surface area contributed by atoms with Crippen LogP contribution >= 0.6 is 0 Å². The quantitative estimate of drug-likeness (QED) is 0.809. The molecule has 2 rings (SSSR count). The average Bonchev–Trinajstić information content (AvgIpc) is 2.60. The Labute approximate surface area is 139 Å². The number of rotatable bonds is 7. The highest BCUT2D eigenvalue weighted by molar-refractivity contribution is 5.95. The molecule has 1 amide bonds. The van der Waals surface area contributed by atoms with E-state index in [0.717, 1.165) is 25.3 Å². The second-order valence-corrected chi connectivity index (χ2v) is 6.21. The molecule has 0 atom stereocenters. The molecule has 1 aliphatic rings. The highest BCUT2D eigenvalue weighted by Gasteiger charge is 2.38. The lowest BCUT2D eigenvalue weighted by molar-refractivity contribution is -0.130. The Morgan fingerprint density at radius 2 is 2.00 bits per heavy atom. The molecule has 0 saturated carbocycles. The number of ether oxygens (including phenoxy) is 1. The maximum Gasteiger partial charge on any atom is 0.232 e. The second-order valence-electron chi connectivity index (χ2n) is 6.21. The Kier molecular flexibility index (Phi) is 6.57. The molecule has 1 heterocycles. The van der Waals surface area contributed by atoms with Gasteiger partial charge in [0.25, 0.3) is 0 Å². The number of nitrogens with two attached hydrogens (primary N) is 1. The van der Waals surface area contributed by atoms with Crippen molar-refractivity contribution in [3.8, 4) is 0 Å². The number of hydrogen-bond acceptors (Lipinski definition) is 4. The first-order valence-corrected chi connectivity index (χ1v) is 8.54. The molecule has 5 heteroatoms. The third-order valence-corrected chi connectivity index (χ3v) is 4.81. The molecule has 0 unspecified atom stereocenters. The summed E-state index contributed by atoms with van der Waals surface area (Å²) < 4.78 is 5.37. The van der Waals surface area contributed by atoms with Gasteiger partial charge in [-0.05, 0) is 43.6 Å². The third kappa shape index (κ3) is 4.53. The van der Waals surface area contributed by atoms with E-state index in [9.17, 15) is 4.79 Å². The molecule has 1 aliphatic heterocycles. The molecule has 23 heavy (non-hydrogen) atoms. The van der Waals surface area contributed by atoms with E-state index in [2.05, 4.69) is 36.2 Å². The van der Waals surface area contributed by atoms with E-state index >= 15 is 0 Å². The summed E-state index contributed by atoms with van der Waals surface area (Å²) in [5, 5.41) is 3.06. The minimum atomic E-state index is -0.493. The molecule has 0 aromatic heterocycles. The smallest absolute Gasteiger partial charge is 0.232 e. The Bertz CT molecular complexity index is 509. The summed E-state index contributed by atoms with van der Waals surface area (Å²) in [5.74, 6) is 0.0169. The third-order valence-electron chi connectivity index (χ3n) is 4.81. The molecule has 1 aromatic rings. The summed E-state index contributed by atoms with van der Waals surface area (Å²) in [6.07, 6.45) is 1.38. The van der Waals surface area contributed by atoms with Gasteiger partial charge >= 0.3 is 0 Å². The first kappa shape index (κ1) is 17.9. The minimum absolute atomic E-state index is 0.0169. The van der Waals surface area contributed by atoms with Crippen LogP contribution in [0.3, 0.4) is 0 Å². The van der Waals surface area contributed by atoms with Crippen LogP contribution in [0.1, 0.15) is 32.3 Å². The van der Waals surface area contributed by atoms with Gasteiger partial charge in [-0.15, -0.1) is 0 Å². The van der Waals surface area contributed by atoms with E-state index in [1.807, 2.05) is 12.1 Å². The molecule has 128 valence electrons. The highest BCUT2D eigenvalue weighted by Crippen LogP contribution is 2.31. The van der Waals surface area contributed by atoms with Gasteiger partial charge in [0, 0.05) is 32.0 Å². The Balaban J connectivity index is 2.05. The van der Waals surface area contributed by atoms with Gasteiger partial charge in [-0.1, -0.05) is 26.0 Å². The number of amides is 1. The van der Waals surface area contributed by atoms with Crippen LogP contribution in [-0.4, -0.2) is 43.7 Å². The van der Waals surface area contributed by atoms with E-state index in [4.69, 9.17) is 10.5 Å². The first-order valence-electron chi connectivity index (χ1n) is 8.54. The second kappa shape index (κ2) is 8.43. The average molecular weight is 319 g/mol. The van der Waals surface area contributed by atoms with Crippen molar-refractivity contribution in [1.82, 2.24) is 4.90 Å². The zero-order chi connectivity index (χ0) is 16.7. The van der Waals surface area contributed by atoms with E-state index in [1.54, 1.807) is 0 Å². The molecule has 1 aromatic carbocycles. The number of nitrogens with zero attached hydrogens (tertiary/aromatic N) is 1. The molecule has 0 aliphatic carbocycles. The first-order chi connectivity index (χ1) is 11.1. The normalized spacial score (nSPS) is 17.2. The van der Waals surface area contributed by atoms with Gasteiger partial charge in [0.1, 0.15) is 0 Å². The number of anilines is 1. The highest BCUT2D eigenvalue weighted by atomic mass is 16.5. The maximum absolute atomic E-state index is 12.7. The van der Waals surface area contributed by atoms with Crippen molar-refractivity contribution in [1.29, 1.82) is 0 Å².